The summed E-state index contributed by atoms with van der Waals surface area (Å²) in [6, 6.07) is 6.83. The minimum absolute atomic E-state index is 0.0712. The number of ketones is 1. The summed E-state index contributed by atoms with van der Waals surface area (Å²) in [5.41, 5.74) is 0.704. The summed E-state index contributed by atoms with van der Waals surface area (Å²) in [5.74, 6) is -0.0810. The molecule has 5 nitrogen and oxygen atoms in total. The normalized spacial score (nSPS) is 19.7. The molecule has 0 N–H and O–H groups in total. The van der Waals surface area contributed by atoms with Crippen LogP contribution in [-0.4, -0.2) is 16.9 Å². The topological polar surface area (TPSA) is 69.4 Å². The first-order valence-corrected chi connectivity index (χ1v) is 4.09. The molecule has 1 atom stereocenters. The number of nitro groups is 1. The maximum Gasteiger partial charge on any atom is 0.414 e. The Bertz CT molecular complexity index is 402. The molecular formula is C9H7NO4. The van der Waals surface area contributed by atoms with E-state index in [0.29, 0.717) is 11.3 Å². The van der Waals surface area contributed by atoms with Crippen LogP contribution in [0.4, 0.5) is 0 Å². The van der Waals surface area contributed by atoms with Gasteiger partial charge in [-0.15, -0.1) is 0 Å². The van der Waals surface area contributed by atoms with Crippen LogP contribution in [-0.2, 0) is 11.2 Å². The molecule has 0 saturated heterocycles. The first kappa shape index (κ1) is 8.68. The van der Waals surface area contributed by atoms with E-state index in [1.165, 1.54) is 0 Å². The van der Waals surface area contributed by atoms with Crippen LogP contribution < -0.4 is 4.74 Å². The summed E-state index contributed by atoms with van der Waals surface area (Å²) >= 11 is 0. The van der Waals surface area contributed by atoms with Crippen molar-refractivity contribution in [3.8, 4) is 5.75 Å². The Kier molecular flexibility index (Phi) is 1.92. The van der Waals surface area contributed by atoms with Gasteiger partial charge in [-0.1, -0.05) is 18.2 Å². The van der Waals surface area contributed by atoms with Gasteiger partial charge in [0.15, 0.2) is 0 Å². The van der Waals surface area contributed by atoms with Gasteiger partial charge in [0.1, 0.15) is 5.75 Å². The van der Waals surface area contributed by atoms with E-state index in [9.17, 15) is 14.9 Å². The van der Waals surface area contributed by atoms with Crippen LogP contribution in [0.25, 0.3) is 0 Å². The van der Waals surface area contributed by atoms with Gasteiger partial charge in [0, 0.05) is 12.0 Å². The van der Waals surface area contributed by atoms with Crippen LogP contribution in [0, 0.1) is 10.1 Å². The predicted octanol–water partition coefficient (Wildman–Crippen LogP) is 0.793. The number of rotatable bonds is 1. The molecule has 14 heavy (non-hydrogen) atoms. The lowest BCUT2D eigenvalue weighted by atomic mass is 10.0. The highest BCUT2D eigenvalue weighted by Gasteiger charge is 2.36. The fourth-order valence-corrected chi connectivity index (χ4v) is 1.39. The van der Waals surface area contributed by atoms with Crippen molar-refractivity contribution < 1.29 is 14.5 Å². The van der Waals surface area contributed by atoms with Crippen molar-refractivity contribution in [2.45, 2.75) is 12.6 Å². The molecule has 0 spiro atoms. The highest BCUT2D eigenvalue weighted by Crippen LogP contribution is 2.25. The summed E-state index contributed by atoms with van der Waals surface area (Å²) in [6.45, 7) is 0. The number of benzene rings is 1. The van der Waals surface area contributed by atoms with Crippen LogP contribution in [0.2, 0.25) is 0 Å². The number of carbonyl (C=O) groups excluding carboxylic acids is 1. The second-order valence-electron chi connectivity index (χ2n) is 3.01. The van der Waals surface area contributed by atoms with Crippen molar-refractivity contribution in [2.24, 2.45) is 0 Å². The number of ether oxygens (including phenoxy) is 1. The number of hydrogen-bond acceptors (Lipinski definition) is 4. The molecule has 0 saturated carbocycles. The summed E-state index contributed by atoms with van der Waals surface area (Å²) in [5, 5.41) is 10.4. The minimum atomic E-state index is -1.54. The number of nitrogens with zero attached hydrogens (tertiary/aromatic N) is 1. The minimum Gasteiger partial charge on any atom is -0.424 e. The Balaban J connectivity index is 2.36. The average Bonchev–Trinajstić information content (AvgIpc) is 2.16. The van der Waals surface area contributed by atoms with Crippen LogP contribution >= 0.6 is 0 Å². The van der Waals surface area contributed by atoms with E-state index >= 15 is 0 Å². The molecule has 0 aromatic heterocycles. The maximum atomic E-state index is 11.2. The fourth-order valence-electron chi connectivity index (χ4n) is 1.39. The summed E-state index contributed by atoms with van der Waals surface area (Å²) in [4.78, 5) is 21.0. The van der Waals surface area contributed by atoms with Crippen molar-refractivity contribution in [1.82, 2.24) is 0 Å². The van der Waals surface area contributed by atoms with Crippen LogP contribution in [0.5, 0.6) is 5.75 Å². The van der Waals surface area contributed by atoms with Gasteiger partial charge >= 0.3 is 6.23 Å². The molecule has 0 radical (unpaired) electrons. The Morgan fingerprint density at radius 2 is 2.14 bits per heavy atom. The van der Waals surface area contributed by atoms with Gasteiger partial charge in [-0.3, -0.25) is 14.9 Å². The second kappa shape index (κ2) is 3.10. The van der Waals surface area contributed by atoms with E-state index in [-0.39, 0.29) is 6.42 Å². The van der Waals surface area contributed by atoms with Crippen molar-refractivity contribution in [3.05, 3.63) is 39.9 Å². The Morgan fingerprint density at radius 1 is 1.43 bits per heavy atom. The molecule has 0 amide bonds. The van der Waals surface area contributed by atoms with E-state index in [1.54, 1.807) is 24.3 Å². The van der Waals surface area contributed by atoms with E-state index in [0.717, 1.165) is 0 Å². The fraction of sp³-hybridized carbons (Fsp3) is 0.222. The highest BCUT2D eigenvalue weighted by molar-refractivity contribution is 5.86. The SMILES string of the molecule is O=C1Cc2ccccc2OC1[N+](=O)[O-]. The second-order valence-corrected chi connectivity index (χ2v) is 3.01. The molecule has 1 aliphatic rings. The number of carbonyl (C=O) groups is 1. The highest BCUT2D eigenvalue weighted by atomic mass is 16.7. The molecule has 0 aliphatic carbocycles. The smallest absolute Gasteiger partial charge is 0.414 e. The standard InChI is InChI=1S/C9H7NO4/c11-7-5-6-3-1-2-4-8(6)14-9(7)10(12)13/h1-4,9H,5H2. The number of fused-ring (bicyclic) bond motifs is 1. The lowest BCUT2D eigenvalue weighted by molar-refractivity contribution is -0.546. The number of hydrogen-bond donors (Lipinski definition) is 0. The molecule has 1 aromatic rings. The van der Waals surface area contributed by atoms with Crippen molar-refractivity contribution in [3.63, 3.8) is 0 Å². The van der Waals surface area contributed by atoms with Gasteiger partial charge in [-0.25, -0.2) is 0 Å². The summed E-state index contributed by atoms with van der Waals surface area (Å²) in [6.07, 6.45) is -1.47. The van der Waals surface area contributed by atoms with Gasteiger partial charge < -0.3 is 4.74 Å². The summed E-state index contributed by atoms with van der Waals surface area (Å²) < 4.78 is 4.96. The van der Waals surface area contributed by atoms with Crippen LogP contribution in [0.1, 0.15) is 5.56 Å². The van der Waals surface area contributed by atoms with E-state index < -0.39 is 16.9 Å². The molecule has 1 aromatic carbocycles. The van der Waals surface area contributed by atoms with Gasteiger partial charge in [0.2, 0.25) is 0 Å². The molecule has 1 unspecified atom stereocenters. The van der Waals surface area contributed by atoms with Crippen molar-refractivity contribution in [2.75, 3.05) is 0 Å². The first-order chi connectivity index (χ1) is 6.68. The Morgan fingerprint density at radius 3 is 2.86 bits per heavy atom. The third-order valence-electron chi connectivity index (χ3n) is 2.04. The lowest BCUT2D eigenvalue weighted by Crippen LogP contribution is -2.39. The maximum absolute atomic E-state index is 11.2. The van der Waals surface area contributed by atoms with E-state index in [4.69, 9.17) is 4.74 Å². The third-order valence-corrected chi connectivity index (χ3v) is 2.04. The molecule has 5 heteroatoms. The van der Waals surface area contributed by atoms with Gasteiger partial charge in [0.05, 0.1) is 4.92 Å². The van der Waals surface area contributed by atoms with Gasteiger partial charge in [-0.2, -0.15) is 0 Å². The van der Waals surface area contributed by atoms with Crippen LogP contribution in [0.3, 0.4) is 0 Å². The van der Waals surface area contributed by atoms with Gasteiger partial charge in [-0.05, 0) is 6.07 Å². The molecule has 0 bridgehead atoms. The third kappa shape index (κ3) is 1.32. The zero-order valence-electron chi connectivity index (χ0n) is 7.17. The quantitative estimate of drug-likeness (QED) is 0.488. The monoisotopic (exact) mass is 193 g/mol. The molecular weight excluding hydrogens is 186 g/mol. The summed E-state index contributed by atoms with van der Waals surface area (Å²) in [7, 11) is 0. The molecule has 1 aliphatic heterocycles. The van der Waals surface area contributed by atoms with E-state index in [1.807, 2.05) is 0 Å². The molecule has 2 rings (SSSR count). The molecule has 1 heterocycles. The van der Waals surface area contributed by atoms with E-state index in [2.05, 4.69) is 0 Å². The molecule has 72 valence electrons. The number of Topliss-reactive ketones (excluding diaryl/α,β-unsaturated/α-hetero) is 1. The predicted molar refractivity (Wildman–Crippen MR) is 46.6 cm³/mol. The largest absolute Gasteiger partial charge is 0.424 e. The Hall–Kier alpha value is -1.91. The van der Waals surface area contributed by atoms with Crippen molar-refractivity contribution in [1.29, 1.82) is 0 Å². The number of para-hydroxylation sites is 1. The zero-order chi connectivity index (χ0) is 10.1. The molecule has 0 fully saturated rings. The lowest BCUT2D eigenvalue weighted by Gasteiger charge is -2.18. The Labute approximate surface area is 79.4 Å². The average molecular weight is 193 g/mol. The van der Waals surface area contributed by atoms with Crippen molar-refractivity contribution >= 4 is 5.78 Å². The van der Waals surface area contributed by atoms with Crippen LogP contribution in [0.15, 0.2) is 24.3 Å². The zero-order valence-corrected chi connectivity index (χ0v) is 7.17. The first-order valence-electron chi connectivity index (χ1n) is 4.09. The van der Waals surface area contributed by atoms with Gasteiger partial charge in [0.25, 0.3) is 5.78 Å².